The maximum atomic E-state index is 11.0. The van der Waals surface area contributed by atoms with Gasteiger partial charge in [0.25, 0.3) is 0 Å². The highest BCUT2D eigenvalue weighted by Crippen LogP contribution is 2.30. The number of benzene rings is 1. The number of hydrogen-bond acceptors (Lipinski definition) is 4. The summed E-state index contributed by atoms with van der Waals surface area (Å²) in [5.41, 5.74) is -2.17. The van der Waals surface area contributed by atoms with Gasteiger partial charge < -0.3 is 9.52 Å². The summed E-state index contributed by atoms with van der Waals surface area (Å²) in [4.78, 5) is 10.2. The van der Waals surface area contributed by atoms with E-state index >= 15 is 0 Å². The Morgan fingerprint density at radius 1 is 1.19 bits per heavy atom. The highest BCUT2D eigenvalue weighted by molar-refractivity contribution is 5.27. The fourth-order valence-corrected chi connectivity index (χ4v) is 1.49. The minimum absolute atomic E-state index is 0.108. The molecule has 0 aliphatic rings. The van der Waals surface area contributed by atoms with E-state index in [2.05, 4.69) is 0 Å². The average molecular weight is 219 g/mol. The molecule has 1 N–H and O–H groups in total. The van der Waals surface area contributed by atoms with Crippen molar-refractivity contribution >= 4 is 0 Å². The van der Waals surface area contributed by atoms with E-state index < -0.39 is 10.6 Å². The molecule has 0 fully saturated rings. The number of hydrogen-bond donors (Lipinski definition) is 1. The van der Waals surface area contributed by atoms with Crippen molar-refractivity contribution in [2.45, 2.75) is 5.72 Å². The van der Waals surface area contributed by atoms with Crippen LogP contribution in [0.1, 0.15) is 11.3 Å². The highest BCUT2D eigenvalue weighted by atomic mass is 16.7. The molecule has 16 heavy (non-hydrogen) atoms. The van der Waals surface area contributed by atoms with Crippen LogP contribution < -0.4 is 0 Å². The first-order valence-corrected chi connectivity index (χ1v) is 4.62. The lowest BCUT2D eigenvalue weighted by Crippen LogP contribution is -2.35. The standard InChI is InChI=1S/C11H9NO4/c13-11(12(14)15,10-7-4-8-16-10)9-5-2-1-3-6-9/h1-8,13H. The van der Waals surface area contributed by atoms with Gasteiger partial charge in [0.1, 0.15) is 0 Å². The van der Waals surface area contributed by atoms with E-state index in [1.807, 2.05) is 0 Å². The van der Waals surface area contributed by atoms with E-state index in [1.165, 1.54) is 30.5 Å². The molecule has 0 spiro atoms. The van der Waals surface area contributed by atoms with Gasteiger partial charge in [0, 0.05) is 0 Å². The van der Waals surface area contributed by atoms with Crippen molar-refractivity contribution in [3.8, 4) is 0 Å². The second kappa shape index (κ2) is 3.79. The van der Waals surface area contributed by atoms with Gasteiger partial charge in [-0.1, -0.05) is 18.2 Å². The van der Waals surface area contributed by atoms with Crippen LogP contribution in [-0.4, -0.2) is 10.0 Å². The Hall–Kier alpha value is -2.14. The van der Waals surface area contributed by atoms with Crippen LogP contribution >= 0.6 is 0 Å². The van der Waals surface area contributed by atoms with Crippen molar-refractivity contribution in [2.75, 3.05) is 0 Å². The smallest absolute Gasteiger partial charge is 0.407 e. The number of aliphatic hydroxyl groups is 1. The van der Waals surface area contributed by atoms with Crippen LogP contribution in [0.5, 0.6) is 0 Å². The van der Waals surface area contributed by atoms with E-state index in [9.17, 15) is 15.2 Å². The van der Waals surface area contributed by atoms with E-state index in [-0.39, 0.29) is 11.3 Å². The third kappa shape index (κ3) is 1.47. The Morgan fingerprint density at radius 3 is 2.38 bits per heavy atom. The number of furan rings is 1. The van der Waals surface area contributed by atoms with Gasteiger partial charge in [0.2, 0.25) is 5.76 Å². The summed E-state index contributed by atoms with van der Waals surface area (Å²) >= 11 is 0. The SMILES string of the molecule is O=[N+]([O-])C(O)(c1ccccc1)c1ccco1. The first-order chi connectivity index (χ1) is 7.65. The topological polar surface area (TPSA) is 76.5 Å². The molecular formula is C11H9NO4. The zero-order chi connectivity index (χ0) is 11.6. The lowest BCUT2D eigenvalue weighted by Gasteiger charge is -2.16. The van der Waals surface area contributed by atoms with Gasteiger partial charge >= 0.3 is 5.72 Å². The van der Waals surface area contributed by atoms with Gasteiger partial charge in [-0.3, -0.25) is 10.1 Å². The highest BCUT2D eigenvalue weighted by Gasteiger charge is 2.47. The number of nitrogens with zero attached hydrogens (tertiary/aromatic N) is 1. The van der Waals surface area contributed by atoms with Crippen molar-refractivity contribution in [3.63, 3.8) is 0 Å². The van der Waals surface area contributed by atoms with Crippen LogP contribution in [0, 0.1) is 10.1 Å². The maximum Gasteiger partial charge on any atom is 0.407 e. The molecule has 0 amide bonds. The monoisotopic (exact) mass is 219 g/mol. The molecule has 0 aliphatic carbocycles. The molecule has 1 aromatic heterocycles. The predicted octanol–water partition coefficient (Wildman–Crippen LogP) is 1.75. The minimum Gasteiger partial charge on any atom is -0.458 e. The van der Waals surface area contributed by atoms with E-state index in [1.54, 1.807) is 18.2 Å². The van der Waals surface area contributed by atoms with E-state index in [0.717, 1.165) is 0 Å². The van der Waals surface area contributed by atoms with Crippen molar-refractivity contribution in [2.24, 2.45) is 0 Å². The molecular weight excluding hydrogens is 210 g/mol. The fraction of sp³-hybridized carbons (Fsp3) is 0.0909. The van der Waals surface area contributed by atoms with Crippen molar-refractivity contribution in [1.82, 2.24) is 0 Å². The Kier molecular flexibility index (Phi) is 2.46. The molecule has 1 unspecified atom stereocenters. The largest absolute Gasteiger partial charge is 0.458 e. The predicted molar refractivity (Wildman–Crippen MR) is 55.1 cm³/mol. The van der Waals surface area contributed by atoms with Crippen LogP contribution in [-0.2, 0) is 5.72 Å². The van der Waals surface area contributed by atoms with Crippen LogP contribution in [0.2, 0.25) is 0 Å². The van der Waals surface area contributed by atoms with Gasteiger partial charge in [-0.2, -0.15) is 0 Å². The zero-order valence-electron chi connectivity index (χ0n) is 8.24. The maximum absolute atomic E-state index is 11.0. The molecule has 0 bridgehead atoms. The molecule has 0 aliphatic heterocycles. The van der Waals surface area contributed by atoms with Crippen LogP contribution in [0.25, 0.3) is 0 Å². The van der Waals surface area contributed by atoms with Crippen molar-refractivity contribution in [3.05, 3.63) is 70.2 Å². The summed E-state index contributed by atoms with van der Waals surface area (Å²) in [6.45, 7) is 0. The van der Waals surface area contributed by atoms with Gasteiger partial charge in [-0.25, -0.2) is 0 Å². The zero-order valence-corrected chi connectivity index (χ0v) is 8.24. The molecule has 1 aromatic carbocycles. The summed E-state index contributed by atoms with van der Waals surface area (Å²) in [6, 6.07) is 10.8. The second-order valence-electron chi connectivity index (χ2n) is 3.27. The Labute approximate surface area is 91.1 Å². The molecule has 2 rings (SSSR count). The minimum atomic E-state index is -2.33. The lowest BCUT2D eigenvalue weighted by atomic mass is 10.0. The lowest BCUT2D eigenvalue weighted by molar-refractivity contribution is -0.624. The van der Waals surface area contributed by atoms with E-state index in [0.29, 0.717) is 0 Å². The van der Waals surface area contributed by atoms with Crippen LogP contribution in [0.15, 0.2) is 53.1 Å². The second-order valence-corrected chi connectivity index (χ2v) is 3.27. The van der Waals surface area contributed by atoms with Gasteiger partial charge in [0.15, 0.2) is 0 Å². The van der Waals surface area contributed by atoms with Crippen molar-refractivity contribution in [1.29, 1.82) is 0 Å². The van der Waals surface area contributed by atoms with Crippen LogP contribution in [0.4, 0.5) is 0 Å². The van der Waals surface area contributed by atoms with Gasteiger partial charge in [-0.15, -0.1) is 0 Å². The summed E-state index contributed by atoms with van der Waals surface area (Å²) in [5, 5.41) is 21.1. The summed E-state index contributed by atoms with van der Waals surface area (Å²) in [7, 11) is 0. The van der Waals surface area contributed by atoms with Gasteiger partial charge in [0.05, 0.1) is 16.7 Å². The molecule has 0 saturated carbocycles. The third-order valence-corrected chi connectivity index (χ3v) is 2.31. The molecule has 2 aromatic rings. The number of nitro groups is 1. The molecule has 0 saturated heterocycles. The van der Waals surface area contributed by atoms with Crippen LogP contribution in [0.3, 0.4) is 0 Å². The Balaban J connectivity index is 2.58. The average Bonchev–Trinajstić information content (AvgIpc) is 2.82. The quantitative estimate of drug-likeness (QED) is 0.484. The van der Waals surface area contributed by atoms with Crippen molar-refractivity contribution < 1.29 is 14.4 Å². The number of rotatable bonds is 3. The fourth-order valence-electron chi connectivity index (χ4n) is 1.49. The first kappa shape index (κ1) is 10.4. The first-order valence-electron chi connectivity index (χ1n) is 4.62. The molecule has 5 heteroatoms. The summed E-state index contributed by atoms with van der Waals surface area (Å²) < 4.78 is 4.92. The molecule has 5 nitrogen and oxygen atoms in total. The summed E-state index contributed by atoms with van der Waals surface area (Å²) in [6.07, 6.45) is 1.28. The Bertz CT molecular complexity index is 480. The van der Waals surface area contributed by atoms with E-state index in [4.69, 9.17) is 4.42 Å². The molecule has 82 valence electrons. The molecule has 1 atom stereocenters. The Morgan fingerprint density at radius 2 is 1.88 bits per heavy atom. The molecule has 1 heterocycles. The normalized spacial score (nSPS) is 14.3. The third-order valence-electron chi connectivity index (χ3n) is 2.31. The summed E-state index contributed by atoms with van der Waals surface area (Å²) in [5.74, 6) is -0.108. The van der Waals surface area contributed by atoms with Gasteiger partial charge in [-0.05, 0) is 24.3 Å². The molecule has 0 radical (unpaired) electrons.